The van der Waals surface area contributed by atoms with Crippen molar-refractivity contribution in [2.24, 2.45) is 0 Å². The smallest absolute Gasteiger partial charge is 0.114 e. The van der Waals surface area contributed by atoms with Gasteiger partial charge in [0.2, 0.25) is 0 Å². The van der Waals surface area contributed by atoms with Gasteiger partial charge in [-0.15, -0.1) is 0 Å². The van der Waals surface area contributed by atoms with Crippen molar-refractivity contribution < 1.29 is 94.1 Å². The van der Waals surface area contributed by atoms with E-state index in [2.05, 4.69) is 0 Å². The molecule has 4 fully saturated rings. The van der Waals surface area contributed by atoms with Crippen molar-refractivity contribution in [3.63, 3.8) is 0 Å². The fraction of sp³-hybridized carbons (Fsp3) is 1.00. The van der Waals surface area contributed by atoms with E-state index in [1.807, 2.05) is 6.92 Å². The number of methoxy groups -OCH3 is 4. The molecule has 0 aromatic heterocycles. The molecular formula is C36H80O19. The average molecular weight is 817 g/mol. The standard InChI is InChI=1S/3C8H16O5.C8H16O4.4CH4/c3*1-4-6(10)7(11)8(12-2)5(3-9)13-4;1-4-6(9)7(10)8(11-3)5(2)12-4;;;;/h3*4-11H,3H2,1-2H3;4-10H,1-3H3;4*1H4/t4-,5?,6?,7-,8+;3*4-,5?,6?,7-,8-;;;;/m1111..../s1. The molecule has 338 valence electrons. The predicted molar refractivity (Wildman–Crippen MR) is 202 cm³/mol. The topological polar surface area (TPSA) is 296 Å². The molecule has 4 rings (SSSR count). The van der Waals surface area contributed by atoms with Crippen LogP contribution in [0.3, 0.4) is 0 Å². The van der Waals surface area contributed by atoms with E-state index in [0.29, 0.717) is 0 Å². The van der Waals surface area contributed by atoms with Crippen molar-refractivity contribution in [2.45, 2.75) is 186 Å². The Bertz CT molecular complexity index is 833. The predicted octanol–water partition coefficient (Wildman–Crippen LogP) is -2.42. The molecule has 0 spiro atoms. The molecule has 19 heteroatoms. The molecule has 0 aromatic rings. The van der Waals surface area contributed by atoms with Crippen LogP contribution in [0.1, 0.15) is 64.3 Å². The lowest BCUT2D eigenvalue weighted by Crippen LogP contribution is -2.58. The van der Waals surface area contributed by atoms with Gasteiger partial charge >= 0.3 is 0 Å². The number of ether oxygens (including phenoxy) is 8. The van der Waals surface area contributed by atoms with Crippen molar-refractivity contribution in [1.82, 2.24) is 0 Å². The molecule has 0 radical (unpaired) electrons. The van der Waals surface area contributed by atoms with Gasteiger partial charge < -0.3 is 94.1 Å². The second-order valence-corrected chi connectivity index (χ2v) is 13.0. The van der Waals surface area contributed by atoms with Gasteiger partial charge in [0.15, 0.2) is 0 Å². The quantitative estimate of drug-likeness (QED) is 0.127. The Morgan fingerprint density at radius 2 is 0.527 bits per heavy atom. The fourth-order valence-corrected chi connectivity index (χ4v) is 6.27. The highest BCUT2D eigenvalue weighted by Gasteiger charge is 2.45. The Kier molecular flexibility index (Phi) is 32.6. The first-order valence-corrected chi connectivity index (χ1v) is 16.9. The largest absolute Gasteiger partial charge is 0.394 e. The number of hydrogen-bond acceptors (Lipinski definition) is 19. The van der Waals surface area contributed by atoms with Crippen molar-refractivity contribution in [3.8, 4) is 0 Å². The summed E-state index contributed by atoms with van der Waals surface area (Å²) in [6.07, 6.45) is -13.8. The zero-order chi connectivity index (χ0) is 39.3. The first-order valence-electron chi connectivity index (χ1n) is 16.9. The Balaban J connectivity index is -0.000000308. The zero-order valence-corrected chi connectivity index (χ0v) is 30.9. The lowest BCUT2D eigenvalue weighted by molar-refractivity contribution is -0.231. The molecule has 0 aliphatic carbocycles. The van der Waals surface area contributed by atoms with Gasteiger partial charge in [0, 0.05) is 28.4 Å². The molecule has 8 unspecified atom stereocenters. The van der Waals surface area contributed by atoms with Gasteiger partial charge in [-0.25, -0.2) is 0 Å². The summed E-state index contributed by atoms with van der Waals surface area (Å²) in [6, 6.07) is 0. The summed E-state index contributed by atoms with van der Waals surface area (Å²) in [7, 11) is 5.71. The fourth-order valence-electron chi connectivity index (χ4n) is 6.27. The molecule has 4 aliphatic rings. The summed E-state index contributed by atoms with van der Waals surface area (Å²) in [5.41, 5.74) is 0. The molecular weight excluding hydrogens is 736 g/mol. The van der Waals surface area contributed by atoms with Gasteiger partial charge in [-0.05, 0) is 34.6 Å². The molecule has 4 aliphatic heterocycles. The molecule has 4 saturated heterocycles. The van der Waals surface area contributed by atoms with E-state index in [1.165, 1.54) is 28.4 Å². The van der Waals surface area contributed by atoms with E-state index >= 15 is 0 Å². The summed E-state index contributed by atoms with van der Waals surface area (Å²) in [5.74, 6) is 0. The minimum Gasteiger partial charge on any atom is -0.394 e. The minimum absolute atomic E-state index is 0. The second kappa shape index (κ2) is 29.4. The van der Waals surface area contributed by atoms with Crippen LogP contribution in [0.25, 0.3) is 0 Å². The number of rotatable bonds is 7. The second-order valence-electron chi connectivity index (χ2n) is 13.0. The van der Waals surface area contributed by atoms with Gasteiger partial charge in [-0.2, -0.15) is 0 Å². The molecule has 19 nitrogen and oxygen atoms in total. The van der Waals surface area contributed by atoms with Gasteiger partial charge in [-0.3, -0.25) is 0 Å². The van der Waals surface area contributed by atoms with Crippen LogP contribution in [0, 0.1) is 0 Å². The monoisotopic (exact) mass is 817 g/mol. The first-order chi connectivity index (χ1) is 23.9. The number of aliphatic hydroxyl groups excluding tert-OH is 11. The minimum atomic E-state index is -1.01. The van der Waals surface area contributed by atoms with Crippen molar-refractivity contribution in [2.75, 3.05) is 48.3 Å². The van der Waals surface area contributed by atoms with E-state index in [4.69, 9.17) is 53.2 Å². The molecule has 0 amide bonds. The summed E-state index contributed by atoms with van der Waals surface area (Å²) in [6.45, 7) is 7.79. The molecule has 55 heavy (non-hydrogen) atoms. The van der Waals surface area contributed by atoms with Crippen LogP contribution < -0.4 is 0 Å². The first kappa shape index (κ1) is 60.9. The SMILES string of the molecule is C.C.C.C.CO[C@@H]1C(C)O[C@H](C)C(O)[C@H]1O.CO[C@@H]1C(CO)O[C@H](C)C(O)[C@H]1O.CO[C@@H]1C(CO)O[C@H](C)C(O)[C@H]1O.CO[C@H]1C(CO)O[C@H](C)C(O)[C@H]1O. The Morgan fingerprint density at radius 3 is 0.727 bits per heavy atom. The average Bonchev–Trinajstić information content (AvgIpc) is 3.11. The molecule has 4 heterocycles. The van der Waals surface area contributed by atoms with Crippen LogP contribution in [0.2, 0.25) is 0 Å². The Hall–Kier alpha value is -0.760. The number of hydrogen-bond donors (Lipinski definition) is 11. The van der Waals surface area contributed by atoms with Gasteiger partial charge in [0.25, 0.3) is 0 Å². The summed E-state index contributed by atoms with van der Waals surface area (Å²) in [4.78, 5) is 0. The maximum Gasteiger partial charge on any atom is 0.114 e. The highest BCUT2D eigenvalue weighted by molar-refractivity contribution is 4.93. The summed E-state index contributed by atoms with van der Waals surface area (Å²) in [5, 5.41) is 103. The summed E-state index contributed by atoms with van der Waals surface area (Å²) < 4.78 is 40.8. The third kappa shape index (κ3) is 16.1. The van der Waals surface area contributed by atoms with Gasteiger partial charge in [-0.1, -0.05) is 29.7 Å². The van der Waals surface area contributed by atoms with E-state index < -0.39 is 110 Å². The van der Waals surface area contributed by atoms with Gasteiger partial charge in [0.1, 0.15) is 91.6 Å². The third-order valence-electron chi connectivity index (χ3n) is 9.46. The molecule has 0 saturated carbocycles. The van der Waals surface area contributed by atoms with E-state index in [-0.39, 0.29) is 61.7 Å². The molecule has 0 bridgehead atoms. The van der Waals surface area contributed by atoms with Gasteiger partial charge in [0.05, 0.1) is 50.3 Å². The Labute approximate surface area is 328 Å². The third-order valence-corrected chi connectivity index (χ3v) is 9.46. The van der Waals surface area contributed by atoms with Crippen LogP contribution >= 0.6 is 0 Å². The molecule has 11 N–H and O–H groups in total. The zero-order valence-electron chi connectivity index (χ0n) is 30.9. The van der Waals surface area contributed by atoms with Crippen molar-refractivity contribution in [1.29, 1.82) is 0 Å². The Morgan fingerprint density at radius 1 is 0.327 bits per heavy atom. The lowest BCUT2D eigenvalue weighted by atomic mass is 9.96. The van der Waals surface area contributed by atoms with E-state index in [9.17, 15) is 40.9 Å². The van der Waals surface area contributed by atoms with Crippen LogP contribution in [0.5, 0.6) is 0 Å². The maximum absolute atomic E-state index is 9.54. The van der Waals surface area contributed by atoms with Crippen LogP contribution in [-0.4, -0.2) is 227 Å². The maximum atomic E-state index is 9.54. The van der Waals surface area contributed by atoms with Crippen LogP contribution in [-0.2, 0) is 37.9 Å². The van der Waals surface area contributed by atoms with E-state index in [1.54, 1.807) is 27.7 Å². The van der Waals surface area contributed by atoms with E-state index in [0.717, 1.165) is 0 Å². The highest BCUT2D eigenvalue weighted by atomic mass is 16.6. The summed E-state index contributed by atoms with van der Waals surface area (Å²) >= 11 is 0. The normalized spacial score (nSPS) is 43.6. The highest BCUT2D eigenvalue weighted by Crippen LogP contribution is 2.25. The molecule has 0 aromatic carbocycles. The van der Waals surface area contributed by atoms with Crippen LogP contribution in [0.4, 0.5) is 0 Å². The van der Waals surface area contributed by atoms with Crippen molar-refractivity contribution >= 4 is 0 Å². The van der Waals surface area contributed by atoms with Crippen LogP contribution in [0.15, 0.2) is 0 Å². The van der Waals surface area contributed by atoms with Crippen molar-refractivity contribution in [3.05, 3.63) is 0 Å². The lowest BCUT2D eigenvalue weighted by Gasteiger charge is -2.40. The molecule has 20 atom stereocenters. The number of aliphatic hydroxyl groups is 11.